The summed E-state index contributed by atoms with van der Waals surface area (Å²) in [5.74, 6) is 0. The second-order valence-corrected chi connectivity index (χ2v) is 1.44. The van der Waals surface area contributed by atoms with Crippen LogP contribution in [-0.4, -0.2) is 18.8 Å². The Hall–Kier alpha value is -0.410. The Balaban J connectivity index is 2.98. The van der Waals surface area contributed by atoms with E-state index in [-0.39, 0.29) is 6.04 Å². The normalized spacial score (nSPS) is 13.4. The van der Waals surface area contributed by atoms with Crippen LogP contribution in [0.1, 0.15) is 6.42 Å². The molecule has 0 aliphatic carbocycles. The van der Waals surface area contributed by atoms with Gasteiger partial charge in [-0.15, -0.1) is 0 Å². The van der Waals surface area contributed by atoms with Crippen molar-refractivity contribution in [2.75, 3.05) is 6.54 Å². The molecule has 0 aliphatic rings. The molecule has 7 heavy (non-hydrogen) atoms. The summed E-state index contributed by atoms with van der Waals surface area (Å²) in [7, 11) is 0. The first-order chi connectivity index (χ1) is 3.31. The Morgan fingerprint density at radius 1 is 1.71 bits per heavy atom. The van der Waals surface area contributed by atoms with Crippen molar-refractivity contribution in [2.24, 2.45) is 11.5 Å². The molecule has 42 valence electrons. The minimum Gasteiger partial charge on any atom is -0.329 e. The first-order valence-electron chi connectivity index (χ1n) is 2.26. The Morgan fingerprint density at radius 3 is 2.43 bits per heavy atom. The van der Waals surface area contributed by atoms with Crippen molar-refractivity contribution in [3.63, 3.8) is 0 Å². The average Bonchev–Trinajstić information content (AvgIpc) is 1.68. The Bertz CT molecular complexity index is 52.9. The first-order valence-corrected chi connectivity index (χ1v) is 2.26. The van der Waals surface area contributed by atoms with Crippen molar-refractivity contribution >= 4 is 6.21 Å². The van der Waals surface area contributed by atoms with Gasteiger partial charge in [-0.1, -0.05) is 0 Å². The molecule has 0 bridgehead atoms. The van der Waals surface area contributed by atoms with Gasteiger partial charge in [-0.2, -0.15) is 0 Å². The van der Waals surface area contributed by atoms with E-state index in [0.717, 1.165) is 0 Å². The molecule has 0 heterocycles. The summed E-state index contributed by atoms with van der Waals surface area (Å²) >= 11 is 0. The summed E-state index contributed by atoms with van der Waals surface area (Å²) in [6, 6.07) is -0.0162. The Kier molecular flexibility index (Phi) is 3.55. The molecule has 0 rings (SSSR count). The second-order valence-electron chi connectivity index (χ2n) is 1.44. The topological polar surface area (TPSA) is 75.9 Å². The van der Waals surface area contributed by atoms with Crippen molar-refractivity contribution in [1.29, 1.82) is 5.41 Å². The number of rotatable bonds is 3. The molecule has 1 unspecified atom stereocenters. The lowest BCUT2D eigenvalue weighted by Crippen LogP contribution is -2.29. The quantitative estimate of drug-likeness (QED) is 0.412. The van der Waals surface area contributed by atoms with Crippen LogP contribution in [0, 0.1) is 5.41 Å². The Morgan fingerprint density at radius 2 is 2.29 bits per heavy atom. The predicted molar refractivity (Wildman–Crippen MR) is 30.4 cm³/mol. The third-order valence-corrected chi connectivity index (χ3v) is 0.723. The zero-order chi connectivity index (χ0) is 5.70. The maximum Gasteiger partial charge on any atom is 0.0212 e. The van der Waals surface area contributed by atoms with Gasteiger partial charge >= 0.3 is 0 Å². The highest BCUT2D eigenvalue weighted by molar-refractivity contribution is 5.53. The van der Waals surface area contributed by atoms with Gasteiger partial charge in [-0.3, -0.25) is 0 Å². The van der Waals surface area contributed by atoms with Gasteiger partial charge in [0.2, 0.25) is 0 Å². The van der Waals surface area contributed by atoms with Gasteiger partial charge in [0.1, 0.15) is 0 Å². The third kappa shape index (κ3) is 3.42. The van der Waals surface area contributed by atoms with Crippen molar-refractivity contribution in [2.45, 2.75) is 12.5 Å². The van der Waals surface area contributed by atoms with Crippen LogP contribution in [0.15, 0.2) is 0 Å². The van der Waals surface area contributed by atoms with E-state index in [9.17, 15) is 0 Å². The molecule has 0 saturated heterocycles. The fraction of sp³-hybridized carbons (Fsp3) is 0.750. The van der Waals surface area contributed by atoms with E-state index in [1.165, 1.54) is 6.21 Å². The SMILES string of the molecule is N=CCC(N)CN. The lowest BCUT2D eigenvalue weighted by molar-refractivity contribution is 0.714. The predicted octanol–water partition coefficient (Wildman–Crippen LogP) is -0.688. The fourth-order valence-electron chi connectivity index (χ4n) is 0.248. The van der Waals surface area contributed by atoms with Crippen molar-refractivity contribution < 1.29 is 0 Å². The highest BCUT2D eigenvalue weighted by Gasteiger charge is 1.91. The van der Waals surface area contributed by atoms with Crippen LogP contribution in [0.5, 0.6) is 0 Å². The maximum absolute atomic E-state index is 6.58. The van der Waals surface area contributed by atoms with Gasteiger partial charge in [-0.25, -0.2) is 0 Å². The van der Waals surface area contributed by atoms with E-state index in [0.29, 0.717) is 13.0 Å². The molecule has 0 aliphatic heterocycles. The van der Waals surface area contributed by atoms with E-state index in [1.807, 2.05) is 0 Å². The van der Waals surface area contributed by atoms with Gasteiger partial charge in [0.15, 0.2) is 0 Å². The van der Waals surface area contributed by atoms with Crippen molar-refractivity contribution in [1.82, 2.24) is 0 Å². The van der Waals surface area contributed by atoms with Crippen LogP contribution in [0.25, 0.3) is 0 Å². The van der Waals surface area contributed by atoms with Gasteiger partial charge in [-0.05, 0) is 12.6 Å². The summed E-state index contributed by atoms with van der Waals surface area (Å²) in [4.78, 5) is 0. The minimum atomic E-state index is -0.0162. The largest absolute Gasteiger partial charge is 0.329 e. The molecule has 0 aromatic rings. The zero-order valence-electron chi connectivity index (χ0n) is 4.22. The van der Waals surface area contributed by atoms with Crippen LogP contribution in [0.3, 0.4) is 0 Å². The second kappa shape index (κ2) is 3.77. The number of nitrogens with one attached hydrogen (secondary N) is 1. The summed E-state index contributed by atoms with van der Waals surface area (Å²) in [6.45, 7) is 0.468. The summed E-state index contributed by atoms with van der Waals surface area (Å²) in [6.07, 6.45) is 1.87. The van der Waals surface area contributed by atoms with Crippen LogP contribution in [0.4, 0.5) is 0 Å². The van der Waals surface area contributed by atoms with E-state index in [1.54, 1.807) is 0 Å². The lowest BCUT2D eigenvalue weighted by Gasteiger charge is -2.00. The standard InChI is InChI=1S/C4H11N3/c5-2-1-4(7)3-6/h2,4-5H,1,3,6-7H2. The lowest BCUT2D eigenvalue weighted by atomic mass is 10.2. The fourth-order valence-corrected chi connectivity index (χ4v) is 0.248. The molecule has 3 heteroatoms. The molecule has 0 aromatic carbocycles. The molecule has 0 radical (unpaired) electrons. The number of hydrogen-bond acceptors (Lipinski definition) is 3. The summed E-state index contributed by atoms with van der Waals surface area (Å²) in [5.41, 5.74) is 10.4. The molecule has 0 saturated carbocycles. The van der Waals surface area contributed by atoms with E-state index >= 15 is 0 Å². The molecule has 5 N–H and O–H groups in total. The van der Waals surface area contributed by atoms with Crippen LogP contribution in [0.2, 0.25) is 0 Å². The first kappa shape index (κ1) is 6.59. The third-order valence-electron chi connectivity index (χ3n) is 0.723. The molecule has 0 aromatic heterocycles. The van der Waals surface area contributed by atoms with Gasteiger partial charge < -0.3 is 16.9 Å². The Labute approximate surface area is 43.2 Å². The van der Waals surface area contributed by atoms with E-state index in [4.69, 9.17) is 16.9 Å². The van der Waals surface area contributed by atoms with Crippen molar-refractivity contribution in [3.8, 4) is 0 Å². The van der Waals surface area contributed by atoms with E-state index < -0.39 is 0 Å². The average molecular weight is 101 g/mol. The highest BCUT2D eigenvalue weighted by Crippen LogP contribution is 1.76. The number of hydrogen-bond donors (Lipinski definition) is 3. The van der Waals surface area contributed by atoms with Crippen LogP contribution >= 0.6 is 0 Å². The smallest absolute Gasteiger partial charge is 0.0212 e. The zero-order valence-corrected chi connectivity index (χ0v) is 4.22. The number of nitrogens with two attached hydrogens (primary N) is 2. The molecule has 0 spiro atoms. The maximum atomic E-state index is 6.58. The summed E-state index contributed by atoms with van der Waals surface area (Å²) in [5, 5.41) is 6.58. The highest BCUT2D eigenvalue weighted by atomic mass is 14.7. The van der Waals surface area contributed by atoms with Gasteiger partial charge in [0.25, 0.3) is 0 Å². The van der Waals surface area contributed by atoms with Crippen molar-refractivity contribution in [3.05, 3.63) is 0 Å². The minimum absolute atomic E-state index is 0.0162. The van der Waals surface area contributed by atoms with Crippen LogP contribution in [-0.2, 0) is 0 Å². The van der Waals surface area contributed by atoms with Gasteiger partial charge in [0, 0.05) is 12.6 Å². The molecular weight excluding hydrogens is 90.1 g/mol. The summed E-state index contributed by atoms with van der Waals surface area (Å²) < 4.78 is 0. The van der Waals surface area contributed by atoms with E-state index in [2.05, 4.69) is 0 Å². The molecule has 0 fully saturated rings. The molecule has 0 amide bonds. The van der Waals surface area contributed by atoms with Gasteiger partial charge in [0.05, 0.1) is 0 Å². The monoisotopic (exact) mass is 101 g/mol. The molecule has 3 nitrogen and oxygen atoms in total. The van der Waals surface area contributed by atoms with Crippen LogP contribution < -0.4 is 11.5 Å². The molecular formula is C4H11N3. The molecule has 1 atom stereocenters.